The van der Waals surface area contributed by atoms with Gasteiger partial charge in [0.1, 0.15) is 5.15 Å². The van der Waals surface area contributed by atoms with E-state index < -0.39 is 0 Å². The SMILES string of the molecule is Clc1cc(C2SCCCS2)nc(Cl)n1. The molecule has 2 rings (SSSR count). The van der Waals surface area contributed by atoms with E-state index in [1.165, 1.54) is 17.9 Å². The molecule has 0 bridgehead atoms. The van der Waals surface area contributed by atoms with Crippen molar-refractivity contribution < 1.29 is 0 Å². The highest BCUT2D eigenvalue weighted by Gasteiger charge is 2.19. The summed E-state index contributed by atoms with van der Waals surface area (Å²) in [6.07, 6.45) is 1.26. The van der Waals surface area contributed by atoms with Gasteiger partial charge in [-0.1, -0.05) is 11.6 Å². The first kappa shape index (κ1) is 10.9. The first-order valence-corrected chi connectivity index (χ1v) is 7.04. The second-order valence-electron chi connectivity index (χ2n) is 2.81. The Hall–Kier alpha value is 0.360. The van der Waals surface area contributed by atoms with Gasteiger partial charge < -0.3 is 0 Å². The third-order valence-electron chi connectivity index (χ3n) is 1.76. The summed E-state index contributed by atoms with van der Waals surface area (Å²) in [5, 5.41) is 0.658. The van der Waals surface area contributed by atoms with Crippen LogP contribution in [0, 0.1) is 0 Å². The lowest BCUT2D eigenvalue weighted by molar-refractivity contribution is 1.05. The summed E-state index contributed by atoms with van der Waals surface area (Å²) in [6, 6.07) is 1.80. The van der Waals surface area contributed by atoms with Crippen LogP contribution in [0.3, 0.4) is 0 Å². The Kier molecular flexibility index (Phi) is 3.82. The van der Waals surface area contributed by atoms with Crippen LogP contribution in [-0.4, -0.2) is 21.5 Å². The minimum Gasteiger partial charge on any atom is -0.221 e. The van der Waals surface area contributed by atoms with Crippen LogP contribution in [0.15, 0.2) is 6.07 Å². The van der Waals surface area contributed by atoms with E-state index in [2.05, 4.69) is 9.97 Å². The number of nitrogens with zero attached hydrogens (tertiary/aromatic N) is 2. The van der Waals surface area contributed by atoms with Crippen molar-refractivity contribution in [3.8, 4) is 0 Å². The number of hydrogen-bond acceptors (Lipinski definition) is 4. The van der Waals surface area contributed by atoms with Gasteiger partial charge in [-0.15, -0.1) is 23.5 Å². The molecule has 76 valence electrons. The number of aromatic nitrogens is 2. The second kappa shape index (κ2) is 4.92. The zero-order chi connectivity index (χ0) is 9.97. The van der Waals surface area contributed by atoms with Gasteiger partial charge in [0.2, 0.25) is 5.28 Å². The lowest BCUT2D eigenvalue weighted by Gasteiger charge is -2.20. The Labute approximate surface area is 101 Å². The molecule has 0 radical (unpaired) electrons. The summed E-state index contributed by atoms with van der Waals surface area (Å²) >= 11 is 15.3. The quantitative estimate of drug-likeness (QED) is 0.573. The van der Waals surface area contributed by atoms with Gasteiger partial charge in [-0.3, -0.25) is 0 Å². The Morgan fingerprint density at radius 3 is 2.57 bits per heavy atom. The van der Waals surface area contributed by atoms with Crippen LogP contribution in [0.2, 0.25) is 10.4 Å². The smallest absolute Gasteiger partial charge is 0.221 e. The monoisotopic (exact) mass is 266 g/mol. The van der Waals surface area contributed by atoms with Gasteiger partial charge in [-0.25, -0.2) is 9.97 Å². The Bertz CT molecular complexity index is 309. The van der Waals surface area contributed by atoms with Crippen molar-refractivity contribution in [2.24, 2.45) is 0 Å². The molecule has 0 aliphatic carbocycles. The van der Waals surface area contributed by atoms with E-state index in [-0.39, 0.29) is 5.28 Å². The van der Waals surface area contributed by atoms with Crippen molar-refractivity contribution in [1.29, 1.82) is 0 Å². The lowest BCUT2D eigenvalue weighted by Crippen LogP contribution is -2.03. The number of thioether (sulfide) groups is 2. The van der Waals surface area contributed by atoms with Gasteiger partial charge in [0.05, 0.1) is 10.3 Å². The molecule has 1 fully saturated rings. The molecule has 0 atom stereocenters. The highest BCUT2D eigenvalue weighted by molar-refractivity contribution is 8.16. The first-order valence-electron chi connectivity index (χ1n) is 4.19. The van der Waals surface area contributed by atoms with E-state index >= 15 is 0 Å². The summed E-state index contributed by atoms with van der Waals surface area (Å²) < 4.78 is 0.363. The van der Waals surface area contributed by atoms with Crippen molar-refractivity contribution in [2.45, 2.75) is 11.0 Å². The zero-order valence-electron chi connectivity index (χ0n) is 7.24. The Balaban J connectivity index is 2.21. The third kappa shape index (κ3) is 2.69. The molecule has 0 N–H and O–H groups in total. The Morgan fingerprint density at radius 1 is 1.21 bits per heavy atom. The summed E-state index contributed by atoms with van der Waals surface area (Å²) in [4.78, 5) is 8.02. The van der Waals surface area contributed by atoms with Crippen LogP contribution in [0.25, 0.3) is 0 Å². The predicted octanol–water partition coefficient (Wildman–Crippen LogP) is 3.65. The maximum absolute atomic E-state index is 5.82. The Morgan fingerprint density at radius 2 is 1.93 bits per heavy atom. The molecular formula is C8H8Cl2N2S2. The molecular weight excluding hydrogens is 259 g/mol. The minimum atomic E-state index is 0.235. The summed E-state index contributed by atoms with van der Waals surface area (Å²) in [7, 11) is 0. The lowest BCUT2D eigenvalue weighted by atomic mass is 10.4. The van der Waals surface area contributed by atoms with Crippen molar-refractivity contribution in [2.75, 3.05) is 11.5 Å². The van der Waals surface area contributed by atoms with E-state index in [0.717, 1.165) is 5.69 Å². The van der Waals surface area contributed by atoms with Gasteiger partial charge in [0.25, 0.3) is 0 Å². The molecule has 0 unspecified atom stereocenters. The highest BCUT2D eigenvalue weighted by Crippen LogP contribution is 2.43. The first-order chi connectivity index (χ1) is 6.75. The minimum absolute atomic E-state index is 0.235. The molecule has 1 aliphatic heterocycles. The zero-order valence-corrected chi connectivity index (χ0v) is 10.4. The van der Waals surface area contributed by atoms with E-state index in [0.29, 0.717) is 9.74 Å². The normalized spacial score (nSPS) is 18.4. The predicted molar refractivity (Wildman–Crippen MR) is 64.3 cm³/mol. The van der Waals surface area contributed by atoms with E-state index in [1.54, 1.807) is 6.07 Å². The molecule has 0 spiro atoms. The fourth-order valence-corrected chi connectivity index (χ4v) is 4.39. The number of halogens is 2. The van der Waals surface area contributed by atoms with Crippen LogP contribution in [0.5, 0.6) is 0 Å². The molecule has 1 aromatic rings. The molecule has 6 heteroatoms. The number of rotatable bonds is 1. The van der Waals surface area contributed by atoms with Crippen LogP contribution < -0.4 is 0 Å². The molecule has 0 amide bonds. The average molecular weight is 267 g/mol. The molecule has 1 aromatic heterocycles. The summed E-state index contributed by atoms with van der Waals surface area (Å²) in [6.45, 7) is 0. The fourth-order valence-electron chi connectivity index (χ4n) is 1.19. The van der Waals surface area contributed by atoms with Crippen molar-refractivity contribution in [3.05, 3.63) is 22.2 Å². The van der Waals surface area contributed by atoms with Crippen molar-refractivity contribution in [3.63, 3.8) is 0 Å². The van der Waals surface area contributed by atoms with Gasteiger partial charge in [0, 0.05) is 0 Å². The van der Waals surface area contributed by atoms with Crippen LogP contribution in [0.1, 0.15) is 16.7 Å². The average Bonchev–Trinajstić information content (AvgIpc) is 2.18. The number of hydrogen-bond donors (Lipinski definition) is 0. The molecule has 1 aliphatic rings. The fraction of sp³-hybridized carbons (Fsp3) is 0.500. The van der Waals surface area contributed by atoms with Crippen LogP contribution in [0.4, 0.5) is 0 Å². The highest BCUT2D eigenvalue weighted by atomic mass is 35.5. The van der Waals surface area contributed by atoms with Crippen molar-refractivity contribution in [1.82, 2.24) is 9.97 Å². The van der Waals surface area contributed by atoms with Crippen LogP contribution >= 0.6 is 46.7 Å². The standard InChI is InChI=1S/C8H8Cl2N2S2/c9-6-4-5(11-8(10)12-6)7-13-2-1-3-14-7/h4,7H,1-3H2. The molecule has 0 aromatic carbocycles. The van der Waals surface area contributed by atoms with Crippen LogP contribution in [-0.2, 0) is 0 Å². The van der Waals surface area contributed by atoms with Gasteiger partial charge in [-0.05, 0) is 35.6 Å². The molecule has 2 nitrogen and oxygen atoms in total. The summed E-state index contributed by atoms with van der Waals surface area (Å²) in [5.41, 5.74) is 0.935. The maximum atomic E-state index is 5.82. The van der Waals surface area contributed by atoms with Gasteiger partial charge in [0.15, 0.2) is 0 Å². The summed E-state index contributed by atoms with van der Waals surface area (Å²) in [5.74, 6) is 2.35. The maximum Gasteiger partial charge on any atom is 0.224 e. The van der Waals surface area contributed by atoms with Gasteiger partial charge >= 0.3 is 0 Å². The van der Waals surface area contributed by atoms with E-state index in [9.17, 15) is 0 Å². The third-order valence-corrected chi connectivity index (χ3v) is 5.07. The van der Waals surface area contributed by atoms with Gasteiger partial charge in [-0.2, -0.15) is 0 Å². The molecule has 1 saturated heterocycles. The van der Waals surface area contributed by atoms with E-state index in [4.69, 9.17) is 23.2 Å². The molecule has 2 heterocycles. The second-order valence-corrected chi connectivity index (χ2v) is 6.26. The largest absolute Gasteiger partial charge is 0.224 e. The van der Waals surface area contributed by atoms with E-state index in [1.807, 2.05) is 23.5 Å². The topological polar surface area (TPSA) is 25.8 Å². The molecule has 14 heavy (non-hydrogen) atoms. The van der Waals surface area contributed by atoms with Crippen molar-refractivity contribution >= 4 is 46.7 Å². The molecule has 0 saturated carbocycles.